The van der Waals surface area contributed by atoms with Crippen LogP contribution in [0.3, 0.4) is 0 Å². The number of ether oxygens (including phenoxy) is 4. The van der Waals surface area contributed by atoms with E-state index in [1.165, 1.54) is 231 Å². The van der Waals surface area contributed by atoms with Gasteiger partial charge >= 0.3 is 23.9 Å². The van der Waals surface area contributed by atoms with Crippen LogP contribution in [-0.4, -0.2) is 72.7 Å². The maximum atomic E-state index is 12.1. The number of allylic oxidation sites excluding steroid dienone is 8. The van der Waals surface area contributed by atoms with Crippen LogP contribution >= 0.6 is 0 Å². The van der Waals surface area contributed by atoms with E-state index in [0.29, 0.717) is 25.7 Å². The molecule has 0 rings (SSSR count). The number of unbranched alkanes of at least 4 members (excludes halogenated alkanes) is 44. The maximum absolute atomic E-state index is 12.1. The zero-order valence-corrected chi connectivity index (χ0v) is 58.4. The molecule has 516 valence electrons. The summed E-state index contributed by atoms with van der Waals surface area (Å²) < 4.78 is 20.9. The first-order valence-corrected chi connectivity index (χ1v) is 37.8. The molecule has 0 aliphatic rings. The Balaban J connectivity index is 0. The number of hydrogen-bond acceptors (Lipinski definition) is 10. The fourth-order valence-corrected chi connectivity index (χ4v) is 10.6. The Kier molecular flexibility index (Phi) is 75.2. The highest BCUT2D eigenvalue weighted by Gasteiger charge is 2.16. The van der Waals surface area contributed by atoms with Crippen LogP contribution in [0.2, 0.25) is 0 Å². The molecular weight excluding hydrogens is 1100 g/mol. The molecule has 0 bridgehead atoms. The fraction of sp³-hybridized carbons (Fsp3) is 0.846. The first-order valence-electron chi connectivity index (χ1n) is 37.8. The number of aliphatic hydroxyl groups excluding tert-OH is 2. The molecule has 0 spiro atoms. The minimum Gasteiger partial charge on any atom is -0.463 e. The zero-order chi connectivity index (χ0) is 64.4. The van der Waals surface area contributed by atoms with Crippen LogP contribution < -0.4 is 0 Å². The Morgan fingerprint density at radius 2 is 0.466 bits per heavy atom. The summed E-state index contributed by atoms with van der Waals surface area (Å²) in [6.45, 7) is 8.39. The van der Waals surface area contributed by atoms with E-state index in [4.69, 9.17) is 18.9 Å². The van der Waals surface area contributed by atoms with Gasteiger partial charge in [0, 0.05) is 25.7 Å². The van der Waals surface area contributed by atoms with Gasteiger partial charge in [-0.25, -0.2) is 0 Å². The molecule has 0 aliphatic heterocycles. The number of esters is 4. The molecule has 2 atom stereocenters. The van der Waals surface area contributed by atoms with E-state index in [9.17, 15) is 29.4 Å². The first-order chi connectivity index (χ1) is 43.2. The average Bonchev–Trinajstić information content (AvgIpc) is 3.53. The molecule has 0 aliphatic carbocycles. The third-order valence-electron chi connectivity index (χ3n) is 16.4. The molecular formula is C78H144O10. The van der Waals surface area contributed by atoms with Crippen molar-refractivity contribution in [3.05, 3.63) is 48.6 Å². The van der Waals surface area contributed by atoms with E-state index in [2.05, 4.69) is 76.3 Å². The summed E-state index contributed by atoms with van der Waals surface area (Å²) in [4.78, 5) is 48.1. The van der Waals surface area contributed by atoms with Gasteiger partial charge in [0.15, 0.2) is 6.10 Å². The average molecular weight is 1240 g/mol. The zero-order valence-electron chi connectivity index (χ0n) is 58.4. The van der Waals surface area contributed by atoms with Crippen molar-refractivity contribution in [3.63, 3.8) is 0 Å². The van der Waals surface area contributed by atoms with Gasteiger partial charge in [0.1, 0.15) is 25.9 Å². The number of rotatable bonds is 68. The minimum atomic E-state index is -0.967. The van der Waals surface area contributed by atoms with Crippen LogP contribution in [0.4, 0.5) is 0 Å². The van der Waals surface area contributed by atoms with E-state index >= 15 is 0 Å². The van der Waals surface area contributed by atoms with Gasteiger partial charge < -0.3 is 29.2 Å². The molecule has 2 unspecified atom stereocenters. The second-order valence-electron chi connectivity index (χ2n) is 25.3. The van der Waals surface area contributed by atoms with Gasteiger partial charge in [0.05, 0.1) is 6.61 Å². The molecule has 0 aromatic carbocycles. The van der Waals surface area contributed by atoms with Crippen LogP contribution in [-0.2, 0) is 38.1 Å². The van der Waals surface area contributed by atoms with Crippen molar-refractivity contribution in [1.82, 2.24) is 0 Å². The quantitative estimate of drug-likeness (QED) is 0.0261. The van der Waals surface area contributed by atoms with Gasteiger partial charge in [-0.3, -0.25) is 19.2 Å². The molecule has 2 N–H and O–H groups in total. The normalized spacial score (nSPS) is 12.3. The molecule has 0 amide bonds. The van der Waals surface area contributed by atoms with Crippen LogP contribution in [0.15, 0.2) is 48.6 Å². The number of carbonyl (C=O) groups is 4. The van der Waals surface area contributed by atoms with Crippen LogP contribution in [0.5, 0.6) is 0 Å². The Hall–Kier alpha value is -3.24. The van der Waals surface area contributed by atoms with Crippen LogP contribution in [0.1, 0.15) is 387 Å². The van der Waals surface area contributed by atoms with E-state index in [1.54, 1.807) is 0 Å². The molecule has 0 fully saturated rings. The van der Waals surface area contributed by atoms with E-state index < -0.39 is 12.2 Å². The summed E-state index contributed by atoms with van der Waals surface area (Å²) in [5, 5.41) is 19.5. The van der Waals surface area contributed by atoms with Crippen molar-refractivity contribution in [3.8, 4) is 0 Å². The van der Waals surface area contributed by atoms with Gasteiger partial charge in [0.2, 0.25) is 0 Å². The molecule has 0 radical (unpaired) electrons. The smallest absolute Gasteiger partial charge is 0.306 e. The molecule has 10 nitrogen and oxygen atoms in total. The Morgan fingerprint density at radius 1 is 0.273 bits per heavy atom. The first kappa shape index (κ1) is 86.8. The number of carbonyl (C=O) groups excluding carboxylic acids is 4. The minimum absolute atomic E-state index is 0.0709. The van der Waals surface area contributed by atoms with Crippen molar-refractivity contribution in [2.75, 3.05) is 26.4 Å². The Labute approximate surface area is 544 Å². The lowest BCUT2D eigenvalue weighted by Gasteiger charge is -2.15. The highest BCUT2D eigenvalue weighted by atomic mass is 16.6. The van der Waals surface area contributed by atoms with E-state index in [1.807, 2.05) is 0 Å². The van der Waals surface area contributed by atoms with E-state index in [0.717, 1.165) is 103 Å². The summed E-state index contributed by atoms with van der Waals surface area (Å²) in [6, 6.07) is 0. The summed E-state index contributed by atoms with van der Waals surface area (Å²) >= 11 is 0. The second-order valence-corrected chi connectivity index (χ2v) is 25.3. The molecule has 0 saturated carbocycles. The maximum Gasteiger partial charge on any atom is 0.306 e. The van der Waals surface area contributed by atoms with Gasteiger partial charge in [-0.1, -0.05) is 282 Å². The molecule has 0 aromatic heterocycles. The fourth-order valence-electron chi connectivity index (χ4n) is 10.6. The highest BCUT2D eigenvalue weighted by Crippen LogP contribution is 2.16. The van der Waals surface area contributed by atoms with Gasteiger partial charge in [-0.05, 0) is 128 Å². The van der Waals surface area contributed by atoms with Gasteiger partial charge in [-0.2, -0.15) is 0 Å². The topological polar surface area (TPSA) is 146 Å². The molecule has 0 heterocycles. The van der Waals surface area contributed by atoms with Crippen molar-refractivity contribution in [2.24, 2.45) is 0 Å². The summed E-state index contributed by atoms with van der Waals surface area (Å²) in [6.07, 6.45) is 81.7. The standard InChI is InChI=1S/2C39H72O5/c1-3-5-7-9-11-13-15-17-19-21-23-25-27-29-31-33-38(41)43-35-37(40)36-44-39(42)34-32-30-28-26-24-22-20-18-16-14-12-10-8-6-4-2;1-3-5-7-9-11-13-15-17-19-21-23-25-27-29-31-33-38(41)43-36-37(35-40)44-39(42)34-32-30-28-26-24-22-20-18-16-14-12-10-8-6-4-2/h2*17-20,37,40H,3-16,21-36H2,1-2H3/b2*19-17-,20-18+. The lowest BCUT2D eigenvalue weighted by atomic mass is 10.1. The highest BCUT2D eigenvalue weighted by molar-refractivity contribution is 5.70. The predicted molar refractivity (Wildman–Crippen MR) is 374 cm³/mol. The largest absolute Gasteiger partial charge is 0.463 e. The lowest BCUT2D eigenvalue weighted by Crippen LogP contribution is -2.28. The molecule has 88 heavy (non-hydrogen) atoms. The SMILES string of the molecule is CCCCCCCC/C=C\CCCCCCCC(=O)OCC(CO)OC(=O)CCCCCCC/C=C/CCCCCCCC.CCCCCCCC/C=C\CCCCCCCC(=O)OCC(O)COC(=O)CCCCCCC/C=C/CCCCCCCC. The molecule has 0 aromatic rings. The number of hydrogen-bond donors (Lipinski definition) is 2. The summed E-state index contributed by atoms with van der Waals surface area (Å²) in [5.41, 5.74) is 0. The third kappa shape index (κ3) is 75.2. The third-order valence-corrected chi connectivity index (χ3v) is 16.4. The summed E-state index contributed by atoms with van der Waals surface area (Å²) in [7, 11) is 0. The predicted octanol–water partition coefficient (Wildman–Crippen LogP) is 23.0. The van der Waals surface area contributed by atoms with Gasteiger partial charge in [0.25, 0.3) is 0 Å². The van der Waals surface area contributed by atoms with Crippen molar-refractivity contribution >= 4 is 23.9 Å². The second kappa shape index (κ2) is 76.2. The van der Waals surface area contributed by atoms with Crippen molar-refractivity contribution < 1.29 is 48.3 Å². The Bertz CT molecular complexity index is 1510. The van der Waals surface area contributed by atoms with Crippen molar-refractivity contribution in [1.29, 1.82) is 0 Å². The van der Waals surface area contributed by atoms with Crippen LogP contribution in [0.25, 0.3) is 0 Å². The molecule has 10 heteroatoms. The molecule has 0 saturated heterocycles. The Morgan fingerprint density at radius 3 is 0.693 bits per heavy atom. The van der Waals surface area contributed by atoms with Crippen molar-refractivity contribution in [2.45, 2.75) is 399 Å². The number of aliphatic hydroxyl groups is 2. The van der Waals surface area contributed by atoms with E-state index in [-0.39, 0.29) is 50.3 Å². The monoisotopic (exact) mass is 1240 g/mol. The van der Waals surface area contributed by atoms with Gasteiger partial charge in [-0.15, -0.1) is 0 Å². The van der Waals surface area contributed by atoms with Crippen LogP contribution in [0, 0.1) is 0 Å². The lowest BCUT2D eigenvalue weighted by molar-refractivity contribution is -0.161. The summed E-state index contributed by atoms with van der Waals surface area (Å²) in [5.74, 6) is -1.19.